The Morgan fingerprint density at radius 3 is 2.69 bits per heavy atom. The maximum absolute atomic E-state index is 6.03. The van der Waals surface area contributed by atoms with Gasteiger partial charge < -0.3 is 0 Å². The van der Waals surface area contributed by atoms with Crippen molar-refractivity contribution in [3.05, 3.63) is 38.5 Å². The van der Waals surface area contributed by atoms with Crippen LogP contribution in [0.4, 0.5) is 0 Å². The highest BCUT2D eigenvalue weighted by molar-refractivity contribution is 9.11. The fourth-order valence-electron chi connectivity index (χ4n) is 1.17. The molecule has 0 saturated heterocycles. The first-order valence-electron chi connectivity index (χ1n) is 3.59. The zero-order chi connectivity index (χ0) is 9.42. The van der Waals surface area contributed by atoms with Crippen LogP contribution in [0.15, 0.2) is 33.5 Å². The van der Waals surface area contributed by atoms with E-state index in [4.69, 9.17) is 11.6 Å². The largest absolute Gasteiger partial charge is 0.233 e. The van der Waals surface area contributed by atoms with E-state index in [9.17, 15) is 0 Å². The molecule has 0 spiro atoms. The van der Waals surface area contributed by atoms with Gasteiger partial charge in [0.15, 0.2) is 0 Å². The number of benzene rings is 1. The average molecular weight is 321 g/mol. The first kappa shape index (κ1) is 9.44. The van der Waals surface area contributed by atoms with E-state index in [2.05, 4.69) is 36.8 Å². The third-order valence-electron chi connectivity index (χ3n) is 1.74. The second kappa shape index (κ2) is 3.56. The van der Waals surface area contributed by atoms with Crippen LogP contribution in [0.5, 0.6) is 0 Å². The van der Waals surface area contributed by atoms with Crippen molar-refractivity contribution in [1.82, 2.24) is 4.98 Å². The van der Waals surface area contributed by atoms with Crippen molar-refractivity contribution in [2.45, 2.75) is 0 Å². The first-order chi connectivity index (χ1) is 6.18. The summed E-state index contributed by atoms with van der Waals surface area (Å²) in [4.78, 5) is 4.22. The van der Waals surface area contributed by atoms with Gasteiger partial charge in [-0.25, -0.2) is 4.98 Å². The Bertz CT molecular complexity index is 470. The maximum atomic E-state index is 6.03. The van der Waals surface area contributed by atoms with Crippen molar-refractivity contribution in [1.29, 1.82) is 0 Å². The van der Waals surface area contributed by atoms with Gasteiger partial charge >= 0.3 is 0 Å². The highest BCUT2D eigenvalue weighted by Gasteiger charge is 2.04. The zero-order valence-electron chi connectivity index (χ0n) is 6.39. The van der Waals surface area contributed by atoms with Crippen LogP contribution >= 0.6 is 43.5 Å². The van der Waals surface area contributed by atoms with E-state index in [-0.39, 0.29) is 0 Å². The summed E-state index contributed by atoms with van der Waals surface area (Å²) in [6, 6.07) is 7.65. The van der Waals surface area contributed by atoms with Gasteiger partial charge in [-0.15, -0.1) is 0 Å². The molecule has 0 aliphatic carbocycles. The van der Waals surface area contributed by atoms with Crippen molar-refractivity contribution < 1.29 is 0 Å². The van der Waals surface area contributed by atoms with Gasteiger partial charge in [-0.1, -0.05) is 23.7 Å². The zero-order valence-corrected chi connectivity index (χ0v) is 10.3. The lowest BCUT2D eigenvalue weighted by Crippen LogP contribution is -1.81. The molecule has 0 saturated carbocycles. The van der Waals surface area contributed by atoms with Crippen LogP contribution in [0, 0.1) is 0 Å². The summed E-state index contributed by atoms with van der Waals surface area (Å²) in [6.07, 6.45) is 0. The Labute approximate surface area is 97.4 Å². The van der Waals surface area contributed by atoms with Gasteiger partial charge in [-0.05, 0) is 44.0 Å². The number of pyridine rings is 1. The predicted molar refractivity (Wildman–Crippen MR) is 62.2 cm³/mol. The van der Waals surface area contributed by atoms with E-state index in [1.807, 2.05) is 24.3 Å². The first-order valence-corrected chi connectivity index (χ1v) is 5.55. The average Bonchev–Trinajstić information content (AvgIpc) is 2.07. The molecule has 0 aliphatic rings. The van der Waals surface area contributed by atoms with Crippen LogP contribution in [-0.4, -0.2) is 4.98 Å². The van der Waals surface area contributed by atoms with Crippen LogP contribution in [0.3, 0.4) is 0 Å². The fourth-order valence-corrected chi connectivity index (χ4v) is 2.58. The van der Waals surface area contributed by atoms with Gasteiger partial charge in [0.25, 0.3) is 0 Å². The number of hydrogen-bond acceptors (Lipinski definition) is 1. The van der Waals surface area contributed by atoms with Gasteiger partial charge in [0.2, 0.25) is 0 Å². The van der Waals surface area contributed by atoms with Crippen LogP contribution in [0.1, 0.15) is 0 Å². The molecular weight excluding hydrogens is 317 g/mol. The van der Waals surface area contributed by atoms with Crippen molar-refractivity contribution in [2.24, 2.45) is 0 Å². The molecule has 0 atom stereocenters. The van der Waals surface area contributed by atoms with Crippen LogP contribution in [-0.2, 0) is 0 Å². The van der Waals surface area contributed by atoms with Crippen LogP contribution in [0.25, 0.3) is 10.8 Å². The summed E-state index contributed by atoms with van der Waals surface area (Å²) in [7, 11) is 0. The van der Waals surface area contributed by atoms with Crippen molar-refractivity contribution in [3.63, 3.8) is 0 Å². The highest BCUT2D eigenvalue weighted by atomic mass is 79.9. The maximum Gasteiger partial charge on any atom is 0.115 e. The number of aromatic nitrogens is 1. The molecule has 1 heterocycles. The normalized spacial score (nSPS) is 10.7. The van der Waals surface area contributed by atoms with Crippen molar-refractivity contribution in [3.8, 4) is 0 Å². The standard InChI is InChI=1S/C9H4Br2ClN/c10-8-4-6-5(9(11)13-8)2-1-3-7(6)12/h1-4H. The summed E-state index contributed by atoms with van der Waals surface area (Å²) >= 11 is 12.7. The lowest BCUT2D eigenvalue weighted by Gasteiger charge is -2.02. The van der Waals surface area contributed by atoms with E-state index < -0.39 is 0 Å². The molecule has 0 aliphatic heterocycles. The summed E-state index contributed by atoms with van der Waals surface area (Å²) < 4.78 is 1.58. The molecule has 66 valence electrons. The third kappa shape index (κ3) is 1.73. The van der Waals surface area contributed by atoms with Crippen molar-refractivity contribution in [2.75, 3.05) is 0 Å². The number of halogens is 3. The van der Waals surface area contributed by atoms with E-state index in [0.717, 1.165) is 25.0 Å². The minimum Gasteiger partial charge on any atom is -0.233 e. The molecule has 0 amide bonds. The quantitative estimate of drug-likeness (QED) is 0.655. The second-order valence-electron chi connectivity index (χ2n) is 2.57. The summed E-state index contributed by atoms with van der Waals surface area (Å²) in [5, 5.41) is 2.76. The SMILES string of the molecule is Clc1cccc2c(Br)nc(Br)cc12. The van der Waals surface area contributed by atoms with E-state index in [0.29, 0.717) is 0 Å². The van der Waals surface area contributed by atoms with Gasteiger partial charge in [-0.3, -0.25) is 0 Å². The third-order valence-corrected chi connectivity index (χ3v) is 3.08. The van der Waals surface area contributed by atoms with E-state index >= 15 is 0 Å². The lowest BCUT2D eigenvalue weighted by molar-refractivity contribution is 1.26. The Morgan fingerprint density at radius 2 is 1.92 bits per heavy atom. The lowest BCUT2D eigenvalue weighted by atomic mass is 10.2. The van der Waals surface area contributed by atoms with Gasteiger partial charge in [0.05, 0.1) is 0 Å². The summed E-state index contributed by atoms with van der Waals surface area (Å²) in [5.41, 5.74) is 0. The molecule has 2 rings (SSSR count). The second-order valence-corrected chi connectivity index (χ2v) is 4.54. The molecule has 1 nitrogen and oxygen atoms in total. The van der Waals surface area contributed by atoms with Gasteiger partial charge in [0.1, 0.15) is 9.21 Å². The van der Waals surface area contributed by atoms with E-state index in [1.54, 1.807) is 0 Å². The number of fused-ring (bicyclic) bond motifs is 1. The number of hydrogen-bond donors (Lipinski definition) is 0. The molecule has 1 aromatic carbocycles. The Morgan fingerprint density at radius 1 is 1.15 bits per heavy atom. The predicted octanol–water partition coefficient (Wildman–Crippen LogP) is 4.41. The van der Waals surface area contributed by atoms with Crippen molar-refractivity contribution >= 4 is 54.2 Å². The Hall–Kier alpha value is -0.120. The molecule has 1 aromatic heterocycles. The number of rotatable bonds is 0. The van der Waals surface area contributed by atoms with Crippen LogP contribution < -0.4 is 0 Å². The molecule has 2 aromatic rings. The number of nitrogens with zero attached hydrogens (tertiary/aromatic N) is 1. The monoisotopic (exact) mass is 319 g/mol. The Kier molecular flexibility index (Phi) is 2.58. The molecule has 13 heavy (non-hydrogen) atoms. The summed E-state index contributed by atoms with van der Waals surface area (Å²) in [6.45, 7) is 0. The minimum absolute atomic E-state index is 0.737. The van der Waals surface area contributed by atoms with Crippen LogP contribution in [0.2, 0.25) is 5.02 Å². The van der Waals surface area contributed by atoms with E-state index in [1.165, 1.54) is 0 Å². The minimum atomic E-state index is 0.737. The topological polar surface area (TPSA) is 12.9 Å². The summed E-state index contributed by atoms with van der Waals surface area (Å²) in [5.74, 6) is 0. The molecule has 0 radical (unpaired) electrons. The molecule has 0 bridgehead atoms. The molecule has 4 heteroatoms. The smallest absolute Gasteiger partial charge is 0.115 e. The Balaban J connectivity index is 2.94. The molecule has 0 unspecified atom stereocenters. The fraction of sp³-hybridized carbons (Fsp3) is 0. The van der Waals surface area contributed by atoms with Gasteiger partial charge in [-0.2, -0.15) is 0 Å². The molecular formula is C9H4Br2ClN. The van der Waals surface area contributed by atoms with Gasteiger partial charge in [0, 0.05) is 15.8 Å². The molecule has 0 fully saturated rings. The molecule has 0 N–H and O–H groups in total. The highest BCUT2D eigenvalue weighted by Crippen LogP contribution is 2.29.